The van der Waals surface area contributed by atoms with Gasteiger partial charge in [0.15, 0.2) is 17.5 Å². The molecule has 1 aromatic carbocycles. The van der Waals surface area contributed by atoms with Crippen LogP contribution in [0.2, 0.25) is 0 Å². The van der Waals surface area contributed by atoms with Gasteiger partial charge in [-0.05, 0) is 31.9 Å². The van der Waals surface area contributed by atoms with Gasteiger partial charge in [0.25, 0.3) is 0 Å². The van der Waals surface area contributed by atoms with E-state index in [2.05, 4.69) is 20.9 Å². The minimum absolute atomic E-state index is 0. The summed E-state index contributed by atoms with van der Waals surface area (Å²) in [5.41, 5.74) is 0. The van der Waals surface area contributed by atoms with Gasteiger partial charge in [0.2, 0.25) is 5.91 Å². The van der Waals surface area contributed by atoms with Crippen LogP contribution >= 0.6 is 24.0 Å². The van der Waals surface area contributed by atoms with E-state index < -0.39 is 0 Å². The maximum atomic E-state index is 11.5. The van der Waals surface area contributed by atoms with E-state index in [-0.39, 0.29) is 41.9 Å². The van der Waals surface area contributed by atoms with E-state index in [0.717, 1.165) is 12.8 Å². The molecule has 0 spiro atoms. The Balaban J connectivity index is 0.00000338. The largest absolute Gasteiger partial charge is 0.493 e. The molecule has 1 fully saturated rings. The van der Waals surface area contributed by atoms with Crippen LogP contribution in [0, 0.1) is 5.92 Å². The first-order valence-corrected chi connectivity index (χ1v) is 8.66. The van der Waals surface area contributed by atoms with Crippen molar-refractivity contribution in [1.29, 1.82) is 0 Å². The van der Waals surface area contributed by atoms with Crippen molar-refractivity contribution >= 4 is 35.8 Å². The fourth-order valence-corrected chi connectivity index (χ4v) is 2.29. The maximum absolute atomic E-state index is 11.5. The van der Waals surface area contributed by atoms with Crippen molar-refractivity contribution in [2.24, 2.45) is 10.9 Å². The van der Waals surface area contributed by atoms with Gasteiger partial charge in [-0.25, -0.2) is 0 Å². The maximum Gasteiger partial charge on any atom is 0.223 e. The van der Waals surface area contributed by atoms with E-state index in [0.29, 0.717) is 37.1 Å². The van der Waals surface area contributed by atoms with Gasteiger partial charge in [-0.1, -0.05) is 12.1 Å². The lowest BCUT2D eigenvalue weighted by Gasteiger charge is -2.19. The number of benzene rings is 1. The quantitative estimate of drug-likeness (QED) is 0.219. The van der Waals surface area contributed by atoms with Crippen molar-refractivity contribution in [1.82, 2.24) is 16.0 Å². The summed E-state index contributed by atoms with van der Waals surface area (Å²) in [5, 5.41) is 9.29. The summed E-state index contributed by atoms with van der Waals surface area (Å²) in [7, 11) is 3.34. The van der Waals surface area contributed by atoms with E-state index in [4.69, 9.17) is 9.47 Å². The minimum Gasteiger partial charge on any atom is -0.493 e. The zero-order valence-corrected chi connectivity index (χ0v) is 17.9. The van der Waals surface area contributed by atoms with Crippen LogP contribution in [0.5, 0.6) is 11.5 Å². The van der Waals surface area contributed by atoms with Gasteiger partial charge in [0, 0.05) is 26.1 Å². The van der Waals surface area contributed by atoms with E-state index in [1.807, 2.05) is 31.2 Å². The smallest absolute Gasteiger partial charge is 0.223 e. The molecule has 1 aliphatic carbocycles. The summed E-state index contributed by atoms with van der Waals surface area (Å²) >= 11 is 0. The van der Waals surface area contributed by atoms with Crippen molar-refractivity contribution in [3.8, 4) is 11.5 Å². The molecule has 0 aliphatic heterocycles. The Labute approximate surface area is 172 Å². The second-order valence-electron chi connectivity index (χ2n) is 6.02. The molecule has 146 valence electrons. The summed E-state index contributed by atoms with van der Waals surface area (Å²) in [6, 6.07) is 7.56. The van der Waals surface area contributed by atoms with Gasteiger partial charge in [-0.2, -0.15) is 0 Å². The highest BCUT2D eigenvalue weighted by molar-refractivity contribution is 14.0. The monoisotopic (exact) mass is 476 g/mol. The molecular weight excluding hydrogens is 447 g/mol. The van der Waals surface area contributed by atoms with Crippen molar-refractivity contribution in [2.75, 3.05) is 33.8 Å². The van der Waals surface area contributed by atoms with Crippen LogP contribution < -0.4 is 25.4 Å². The lowest BCUT2D eigenvalue weighted by molar-refractivity contribution is -0.122. The Morgan fingerprint density at radius 2 is 1.85 bits per heavy atom. The number of carbonyl (C=O) groups excluding carboxylic acids is 1. The predicted molar refractivity (Wildman–Crippen MR) is 114 cm³/mol. The lowest BCUT2D eigenvalue weighted by atomic mass is 10.3. The molecule has 1 atom stereocenters. The van der Waals surface area contributed by atoms with Gasteiger partial charge in [0.1, 0.15) is 6.10 Å². The summed E-state index contributed by atoms with van der Waals surface area (Å²) in [6.07, 6.45) is 1.98. The van der Waals surface area contributed by atoms with Crippen LogP contribution in [0.25, 0.3) is 0 Å². The molecule has 1 amide bonds. The third-order valence-corrected chi connectivity index (χ3v) is 3.84. The molecule has 1 unspecified atom stereocenters. The molecule has 26 heavy (non-hydrogen) atoms. The Morgan fingerprint density at radius 1 is 1.19 bits per heavy atom. The Hall–Kier alpha value is -1.71. The normalized spacial score (nSPS) is 14.7. The molecule has 0 heterocycles. The van der Waals surface area contributed by atoms with Crippen LogP contribution in [0.4, 0.5) is 0 Å². The summed E-state index contributed by atoms with van der Waals surface area (Å²) in [4.78, 5) is 15.7. The Morgan fingerprint density at radius 3 is 2.46 bits per heavy atom. The molecule has 1 aromatic rings. The minimum atomic E-state index is -0.0654. The second kappa shape index (κ2) is 11.8. The van der Waals surface area contributed by atoms with Crippen LogP contribution in [0.15, 0.2) is 29.3 Å². The molecule has 7 nitrogen and oxygen atoms in total. The summed E-state index contributed by atoms with van der Waals surface area (Å²) in [5.74, 6) is 2.50. The number of aliphatic imine (C=N–C) groups is 1. The van der Waals surface area contributed by atoms with Crippen LogP contribution in [0.3, 0.4) is 0 Å². The molecular formula is C18H29IN4O3. The molecule has 0 aromatic heterocycles. The molecule has 0 saturated heterocycles. The zero-order valence-electron chi connectivity index (χ0n) is 15.6. The molecule has 1 saturated carbocycles. The SMILES string of the molecule is CN=C(NCCNC(=O)C1CC1)NCC(C)Oc1ccccc1OC.I. The predicted octanol–water partition coefficient (Wildman–Crippen LogP) is 1.77. The highest BCUT2D eigenvalue weighted by Gasteiger charge is 2.28. The number of amides is 1. The number of nitrogens with one attached hydrogen (secondary N) is 3. The first-order valence-electron chi connectivity index (χ1n) is 8.66. The number of guanidine groups is 1. The van der Waals surface area contributed by atoms with Crippen molar-refractivity contribution in [3.63, 3.8) is 0 Å². The van der Waals surface area contributed by atoms with E-state index in [9.17, 15) is 4.79 Å². The number of carbonyl (C=O) groups is 1. The molecule has 0 radical (unpaired) electrons. The summed E-state index contributed by atoms with van der Waals surface area (Å²) in [6.45, 7) is 3.78. The first kappa shape index (κ1) is 22.3. The zero-order chi connectivity index (χ0) is 18.1. The molecule has 8 heteroatoms. The number of halogens is 1. The highest BCUT2D eigenvalue weighted by Crippen LogP contribution is 2.28. The number of para-hydroxylation sites is 2. The molecule has 1 aliphatic rings. The van der Waals surface area contributed by atoms with E-state index >= 15 is 0 Å². The van der Waals surface area contributed by atoms with E-state index in [1.54, 1.807) is 14.2 Å². The van der Waals surface area contributed by atoms with Gasteiger partial charge in [-0.3, -0.25) is 9.79 Å². The van der Waals surface area contributed by atoms with Gasteiger partial charge < -0.3 is 25.4 Å². The van der Waals surface area contributed by atoms with Crippen molar-refractivity contribution in [2.45, 2.75) is 25.9 Å². The van der Waals surface area contributed by atoms with Crippen LogP contribution in [-0.4, -0.2) is 51.8 Å². The fourth-order valence-electron chi connectivity index (χ4n) is 2.29. The standard InChI is InChI=1S/C18H28N4O3.HI/c1-13(25-16-7-5-4-6-15(16)24-3)12-22-18(19-2)21-11-10-20-17(23)14-8-9-14;/h4-7,13-14H,8-12H2,1-3H3,(H,20,23)(H2,19,21,22);1H. The van der Waals surface area contributed by atoms with E-state index in [1.165, 1.54) is 0 Å². The number of nitrogens with zero attached hydrogens (tertiary/aromatic N) is 1. The number of ether oxygens (including phenoxy) is 2. The highest BCUT2D eigenvalue weighted by atomic mass is 127. The summed E-state index contributed by atoms with van der Waals surface area (Å²) < 4.78 is 11.2. The van der Waals surface area contributed by atoms with Gasteiger partial charge in [0.05, 0.1) is 13.7 Å². The van der Waals surface area contributed by atoms with Crippen molar-refractivity contribution in [3.05, 3.63) is 24.3 Å². The topological polar surface area (TPSA) is 84.0 Å². The van der Waals surface area contributed by atoms with Crippen LogP contribution in [0.1, 0.15) is 19.8 Å². The van der Waals surface area contributed by atoms with Crippen LogP contribution in [-0.2, 0) is 4.79 Å². The molecule has 3 N–H and O–H groups in total. The second-order valence-corrected chi connectivity index (χ2v) is 6.02. The average Bonchev–Trinajstić information content (AvgIpc) is 3.46. The molecule has 2 rings (SSSR count). The van der Waals surface area contributed by atoms with Crippen molar-refractivity contribution < 1.29 is 14.3 Å². The fraction of sp³-hybridized carbons (Fsp3) is 0.556. The average molecular weight is 476 g/mol. The Bertz CT molecular complexity index is 594. The van der Waals surface area contributed by atoms with Gasteiger partial charge >= 0.3 is 0 Å². The molecule has 0 bridgehead atoms. The third kappa shape index (κ3) is 7.67. The first-order chi connectivity index (χ1) is 12.1. The Kier molecular flexibility index (Phi) is 10.2. The number of hydrogen-bond donors (Lipinski definition) is 3. The number of rotatable bonds is 9. The number of methoxy groups -OCH3 is 1. The number of hydrogen-bond acceptors (Lipinski definition) is 4. The lowest BCUT2D eigenvalue weighted by Crippen LogP contribution is -2.44. The van der Waals surface area contributed by atoms with Gasteiger partial charge in [-0.15, -0.1) is 24.0 Å². The third-order valence-electron chi connectivity index (χ3n) is 3.84.